The number of pyridine rings is 1. The van der Waals surface area contributed by atoms with Crippen molar-refractivity contribution in [1.82, 2.24) is 9.88 Å². The van der Waals surface area contributed by atoms with Crippen LogP contribution >= 0.6 is 0 Å². The van der Waals surface area contributed by atoms with Crippen LogP contribution in [-0.2, 0) is 0 Å². The number of rotatable bonds is 3. The third kappa shape index (κ3) is 2.49. The van der Waals surface area contributed by atoms with Crippen LogP contribution < -0.4 is 10.6 Å². The number of nitrogens with zero attached hydrogens (tertiary/aromatic N) is 3. The maximum atomic E-state index is 5.84. The number of nitrogens with two attached hydrogens (primary N) is 1. The van der Waals surface area contributed by atoms with Gasteiger partial charge in [0.1, 0.15) is 5.82 Å². The fourth-order valence-corrected chi connectivity index (χ4v) is 2.61. The van der Waals surface area contributed by atoms with Crippen LogP contribution in [-0.4, -0.2) is 42.1 Å². The summed E-state index contributed by atoms with van der Waals surface area (Å²) in [5.41, 5.74) is 6.95. The van der Waals surface area contributed by atoms with Gasteiger partial charge in [0.05, 0.1) is 0 Å². The summed E-state index contributed by atoms with van der Waals surface area (Å²) < 4.78 is 0. The number of hydrogen-bond acceptors (Lipinski definition) is 4. The third-order valence-electron chi connectivity index (χ3n) is 4.00. The highest BCUT2D eigenvalue weighted by atomic mass is 15.3. The summed E-state index contributed by atoms with van der Waals surface area (Å²) >= 11 is 0. The van der Waals surface area contributed by atoms with Crippen molar-refractivity contribution in [3.8, 4) is 0 Å². The molecule has 1 aliphatic heterocycles. The Morgan fingerprint density at radius 2 is 1.94 bits per heavy atom. The first-order valence-corrected chi connectivity index (χ1v) is 6.94. The van der Waals surface area contributed by atoms with Gasteiger partial charge in [-0.05, 0) is 31.4 Å². The minimum absolute atomic E-state index is 0.0678. The predicted molar refractivity (Wildman–Crippen MR) is 73.6 cm³/mol. The van der Waals surface area contributed by atoms with Gasteiger partial charge in [-0.15, -0.1) is 0 Å². The van der Waals surface area contributed by atoms with E-state index in [1.807, 2.05) is 13.1 Å². The smallest absolute Gasteiger partial charge is 0.128 e. The van der Waals surface area contributed by atoms with Gasteiger partial charge in [-0.2, -0.15) is 0 Å². The lowest BCUT2D eigenvalue weighted by molar-refractivity contribution is 0.247. The molecule has 2 N–H and O–H groups in total. The average Bonchev–Trinajstić information content (AvgIpc) is 3.23. The molecule has 2 fully saturated rings. The van der Waals surface area contributed by atoms with Crippen LogP contribution in [0.1, 0.15) is 31.4 Å². The molecule has 1 saturated carbocycles. The fourth-order valence-electron chi connectivity index (χ4n) is 2.61. The van der Waals surface area contributed by atoms with E-state index in [-0.39, 0.29) is 6.04 Å². The molecule has 4 nitrogen and oxygen atoms in total. The van der Waals surface area contributed by atoms with Crippen LogP contribution in [0, 0.1) is 0 Å². The van der Waals surface area contributed by atoms with Crippen molar-refractivity contribution < 1.29 is 0 Å². The molecule has 4 heteroatoms. The van der Waals surface area contributed by atoms with Crippen LogP contribution in [0.25, 0.3) is 0 Å². The summed E-state index contributed by atoms with van der Waals surface area (Å²) in [6, 6.07) is 5.16. The number of aromatic nitrogens is 1. The van der Waals surface area contributed by atoms with Gasteiger partial charge in [0, 0.05) is 44.5 Å². The Labute approximate surface area is 109 Å². The first kappa shape index (κ1) is 11.9. The summed E-state index contributed by atoms with van der Waals surface area (Å²) in [5, 5.41) is 0. The Kier molecular flexibility index (Phi) is 3.22. The Balaban J connectivity index is 1.61. The topological polar surface area (TPSA) is 45.4 Å². The average molecular weight is 246 g/mol. The zero-order chi connectivity index (χ0) is 12.5. The van der Waals surface area contributed by atoms with Crippen LogP contribution in [0.2, 0.25) is 0 Å². The van der Waals surface area contributed by atoms with E-state index in [0.29, 0.717) is 0 Å². The minimum Gasteiger partial charge on any atom is -0.354 e. The second-order valence-electron chi connectivity index (χ2n) is 5.49. The van der Waals surface area contributed by atoms with E-state index in [1.165, 1.54) is 25.9 Å². The van der Waals surface area contributed by atoms with Gasteiger partial charge in [-0.3, -0.25) is 4.90 Å². The van der Waals surface area contributed by atoms with Gasteiger partial charge in [-0.1, -0.05) is 6.07 Å². The van der Waals surface area contributed by atoms with E-state index >= 15 is 0 Å². The fraction of sp³-hybridized carbons (Fsp3) is 0.643. The molecule has 98 valence electrons. The largest absolute Gasteiger partial charge is 0.354 e. The van der Waals surface area contributed by atoms with Gasteiger partial charge in [0.25, 0.3) is 0 Å². The molecule has 1 aromatic rings. The van der Waals surface area contributed by atoms with Crippen molar-refractivity contribution in [3.63, 3.8) is 0 Å². The maximum absolute atomic E-state index is 5.84. The minimum atomic E-state index is 0.0678. The SMILES string of the molecule is C[C@H](N)c1ccc(N2CCN(C3CC3)CC2)nc1. The van der Waals surface area contributed by atoms with Crippen molar-refractivity contribution in [2.75, 3.05) is 31.1 Å². The molecule has 3 rings (SSSR count). The molecule has 0 bridgehead atoms. The van der Waals surface area contributed by atoms with Gasteiger partial charge >= 0.3 is 0 Å². The lowest BCUT2D eigenvalue weighted by Crippen LogP contribution is -2.47. The van der Waals surface area contributed by atoms with E-state index in [9.17, 15) is 0 Å². The highest BCUT2D eigenvalue weighted by Gasteiger charge is 2.31. The van der Waals surface area contributed by atoms with E-state index in [4.69, 9.17) is 5.73 Å². The highest BCUT2D eigenvalue weighted by Crippen LogP contribution is 2.28. The van der Waals surface area contributed by atoms with Crippen molar-refractivity contribution in [2.24, 2.45) is 5.73 Å². The Bertz CT molecular complexity index is 389. The molecule has 0 spiro atoms. The van der Waals surface area contributed by atoms with Crippen LogP contribution in [0.3, 0.4) is 0 Å². The summed E-state index contributed by atoms with van der Waals surface area (Å²) in [5.74, 6) is 1.09. The number of anilines is 1. The molecule has 1 aliphatic carbocycles. The molecule has 0 unspecified atom stereocenters. The van der Waals surface area contributed by atoms with E-state index in [0.717, 1.165) is 30.5 Å². The first-order valence-electron chi connectivity index (χ1n) is 6.94. The molecular formula is C14H22N4. The molecule has 1 aromatic heterocycles. The highest BCUT2D eigenvalue weighted by molar-refractivity contribution is 5.40. The first-order chi connectivity index (χ1) is 8.74. The molecule has 0 aromatic carbocycles. The summed E-state index contributed by atoms with van der Waals surface area (Å²) in [4.78, 5) is 9.53. The van der Waals surface area contributed by atoms with Crippen molar-refractivity contribution in [1.29, 1.82) is 0 Å². The quantitative estimate of drug-likeness (QED) is 0.875. The van der Waals surface area contributed by atoms with Crippen molar-refractivity contribution in [3.05, 3.63) is 23.9 Å². The van der Waals surface area contributed by atoms with Gasteiger partial charge in [-0.25, -0.2) is 4.98 Å². The third-order valence-corrected chi connectivity index (χ3v) is 4.00. The number of hydrogen-bond donors (Lipinski definition) is 1. The lowest BCUT2D eigenvalue weighted by Gasteiger charge is -2.35. The maximum Gasteiger partial charge on any atom is 0.128 e. The molecule has 0 radical (unpaired) electrons. The second kappa shape index (κ2) is 4.86. The number of piperazine rings is 1. The van der Waals surface area contributed by atoms with E-state index in [2.05, 4.69) is 26.9 Å². The molecule has 0 amide bonds. The Morgan fingerprint density at radius 3 is 2.44 bits per heavy atom. The van der Waals surface area contributed by atoms with E-state index in [1.54, 1.807) is 0 Å². The molecule has 2 aliphatic rings. The standard InChI is InChI=1S/C14H22N4/c1-11(15)12-2-5-14(16-10-12)18-8-6-17(7-9-18)13-3-4-13/h2,5,10-11,13H,3-4,6-9,15H2,1H3/t11-/m0/s1. The van der Waals surface area contributed by atoms with Crippen LogP contribution in [0.4, 0.5) is 5.82 Å². The molecule has 2 heterocycles. The lowest BCUT2D eigenvalue weighted by atomic mass is 10.1. The van der Waals surface area contributed by atoms with Crippen LogP contribution in [0.5, 0.6) is 0 Å². The Morgan fingerprint density at radius 1 is 1.22 bits per heavy atom. The zero-order valence-electron chi connectivity index (χ0n) is 11.0. The summed E-state index contributed by atoms with van der Waals surface area (Å²) in [6.45, 7) is 6.55. The molecular weight excluding hydrogens is 224 g/mol. The van der Waals surface area contributed by atoms with Crippen molar-refractivity contribution >= 4 is 5.82 Å². The Hall–Kier alpha value is -1.13. The monoisotopic (exact) mass is 246 g/mol. The normalized spacial score (nSPS) is 23.1. The van der Waals surface area contributed by atoms with Gasteiger partial charge in [0.15, 0.2) is 0 Å². The second-order valence-corrected chi connectivity index (χ2v) is 5.49. The molecule has 1 atom stereocenters. The summed E-state index contributed by atoms with van der Waals surface area (Å²) in [7, 11) is 0. The zero-order valence-corrected chi connectivity index (χ0v) is 11.0. The van der Waals surface area contributed by atoms with E-state index < -0.39 is 0 Å². The molecule has 1 saturated heterocycles. The summed E-state index contributed by atoms with van der Waals surface area (Å²) in [6.07, 6.45) is 4.72. The predicted octanol–water partition coefficient (Wildman–Crippen LogP) is 1.39. The van der Waals surface area contributed by atoms with Crippen LogP contribution in [0.15, 0.2) is 18.3 Å². The van der Waals surface area contributed by atoms with Gasteiger partial charge < -0.3 is 10.6 Å². The van der Waals surface area contributed by atoms with Gasteiger partial charge in [0.2, 0.25) is 0 Å². The molecule has 18 heavy (non-hydrogen) atoms. The van der Waals surface area contributed by atoms with Crippen molar-refractivity contribution in [2.45, 2.75) is 31.8 Å².